The van der Waals surface area contributed by atoms with Crippen molar-refractivity contribution in [3.8, 4) is 0 Å². The molecule has 138 valence electrons. The van der Waals surface area contributed by atoms with E-state index in [1.54, 1.807) is 25.1 Å². The molecule has 2 aromatic carbocycles. The maximum Gasteiger partial charge on any atom is 0.242 e. The fraction of sp³-hybridized carbons (Fsp3) is 0.333. The molecule has 0 aliphatic heterocycles. The van der Waals surface area contributed by atoms with Crippen molar-refractivity contribution in [2.24, 2.45) is 0 Å². The zero-order valence-corrected chi connectivity index (χ0v) is 15.5. The largest absolute Gasteiger partial charge is 0.355 e. The first kappa shape index (κ1) is 19.6. The minimum Gasteiger partial charge on any atom is -0.355 e. The summed E-state index contributed by atoms with van der Waals surface area (Å²) in [6.45, 7) is 5.96. The molecule has 0 aromatic heterocycles. The van der Waals surface area contributed by atoms with Crippen molar-refractivity contribution in [1.29, 1.82) is 0 Å². The van der Waals surface area contributed by atoms with E-state index in [2.05, 4.69) is 5.32 Å². The highest BCUT2D eigenvalue weighted by molar-refractivity contribution is 5.88. The van der Waals surface area contributed by atoms with Gasteiger partial charge in [0.1, 0.15) is 11.9 Å². The van der Waals surface area contributed by atoms with Gasteiger partial charge in [0.25, 0.3) is 0 Å². The summed E-state index contributed by atoms with van der Waals surface area (Å²) in [5.41, 5.74) is 2.30. The highest BCUT2D eigenvalue weighted by Gasteiger charge is 2.26. The van der Waals surface area contributed by atoms with Crippen LogP contribution in [-0.4, -0.2) is 29.3 Å². The normalized spacial score (nSPS) is 11.7. The van der Waals surface area contributed by atoms with Crippen molar-refractivity contribution in [2.45, 2.75) is 39.8 Å². The second kappa shape index (κ2) is 9.13. The predicted molar refractivity (Wildman–Crippen MR) is 100.0 cm³/mol. The van der Waals surface area contributed by atoms with Crippen molar-refractivity contribution in [2.75, 3.05) is 6.54 Å². The Labute approximate surface area is 154 Å². The molecule has 2 aromatic rings. The van der Waals surface area contributed by atoms with Gasteiger partial charge in [0, 0.05) is 18.7 Å². The highest BCUT2D eigenvalue weighted by atomic mass is 19.1. The fourth-order valence-electron chi connectivity index (χ4n) is 2.79. The van der Waals surface area contributed by atoms with Crippen LogP contribution in [0.2, 0.25) is 0 Å². The average molecular weight is 356 g/mol. The van der Waals surface area contributed by atoms with E-state index in [4.69, 9.17) is 0 Å². The van der Waals surface area contributed by atoms with E-state index in [9.17, 15) is 14.0 Å². The van der Waals surface area contributed by atoms with Gasteiger partial charge in [-0.15, -0.1) is 0 Å². The van der Waals surface area contributed by atoms with Gasteiger partial charge >= 0.3 is 0 Å². The molecule has 0 aliphatic rings. The monoisotopic (exact) mass is 356 g/mol. The quantitative estimate of drug-likeness (QED) is 0.828. The van der Waals surface area contributed by atoms with E-state index in [0.717, 1.165) is 11.1 Å². The summed E-state index contributed by atoms with van der Waals surface area (Å²) in [6.07, 6.45) is 0.171. The van der Waals surface area contributed by atoms with Crippen LogP contribution in [0.25, 0.3) is 0 Å². The highest BCUT2D eigenvalue weighted by Crippen LogP contribution is 2.16. The number of hydrogen-bond donors (Lipinski definition) is 1. The molecule has 2 amide bonds. The molecule has 0 spiro atoms. The van der Waals surface area contributed by atoms with Crippen LogP contribution in [0.1, 0.15) is 30.5 Å². The van der Waals surface area contributed by atoms with Crippen LogP contribution in [0.4, 0.5) is 4.39 Å². The van der Waals surface area contributed by atoms with Crippen LogP contribution in [0.15, 0.2) is 48.5 Å². The number of carbonyl (C=O) groups is 2. The fourth-order valence-corrected chi connectivity index (χ4v) is 2.79. The van der Waals surface area contributed by atoms with Gasteiger partial charge in [0.2, 0.25) is 11.8 Å². The number of hydrogen-bond acceptors (Lipinski definition) is 2. The molecule has 0 unspecified atom stereocenters. The van der Waals surface area contributed by atoms with Crippen LogP contribution in [0.5, 0.6) is 0 Å². The molecule has 0 fully saturated rings. The number of amides is 2. The van der Waals surface area contributed by atoms with Crippen LogP contribution < -0.4 is 5.32 Å². The molecule has 1 N–H and O–H groups in total. The van der Waals surface area contributed by atoms with E-state index in [0.29, 0.717) is 12.1 Å². The Bertz CT molecular complexity index is 776. The van der Waals surface area contributed by atoms with Gasteiger partial charge in [-0.1, -0.05) is 42.5 Å². The van der Waals surface area contributed by atoms with Crippen LogP contribution in [0.3, 0.4) is 0 Å². The Balaban J connectivity index is 2.27. The van der Waals surface area contributed by atoms with Crippen molar-refractivity contribution < 1.29 is 14.0 Å². The molecule has 5 heteroatoms. The van der Waals surface area contributed by atoms with Gasteiger partial charge < -0.3 is 10.2 Å². The van der Waals surface area contributed by atoms with Gasteiger partial charge in [-0.25, -0.2) is 4.39 Å². The summed E-state index contributed by atoms with van der Waals surface area (Å²) >= 11 is 0. The number of carbonyl (C=O) groups excluding carboxylic acids is 2. The van der Waals surface area contributed by atoms with Gasteiger partial charge in [-0.2, -0.15) is 0 Å². The van der Waals surface area contributed by atoms with Crippen LogP contribution in [-0.2, 0) is 22.6 Å². The van der Waals surface area contributed by atoms with E-state index in [-0.39, 0.29) is 30.6 Å². The standard InChI is InChI=1S/C21H25FN2O2/c1-4-23-21(26)16(3)24(14-18-11-7-8-12-19(18)22)20(25)13-17-10-6-5-9-15(17)2/h5-12,16H,4,13-14H2,1-3H3,(H,23,26)/t16-/m1/s1. The number of likely N-dealkylation sites (N-methyl/N-ethyl adjacent to an activating group) is 1. The first-order chi connectivity index (χ1) is 12.4. The molecular weight excluding hydrogens is 331 g/mol. The molecule has 0 aliphatic carbocycles. The molecule has 0 bridgehead atoms. The summed E-state index contributed by atoms with van der Waals surface area (Å²) in [5, 5.41) is 2.73. The number of rotatable bonds is 7. The van der Waals surface area contributed by atoms with Crippen LogP contribution >= 0.6 is 0 Å². The maximum atomic E-state index is 14.1. The number of aryl methyl sites for hydroxylation is 1. The third-order valence-corrected chi connectivity index (χ3v) is 4.42. The zero-order valence-electron chi connectivity index (χ0n) is 15.5. The van der Waals surface area contributed by atoms with Crippen molar-refractivity contribution in [3.05, 3.63) is 71.0 Å². The Morgan fingerprint density at radius 2 is 1.69 bits per heavy atom. The van der Waals surface area contributed by atoms with Crippen molar-refractivity contribution >= 4 is 11.8 Å². The molecule has 0 heterocycles. The summed E-state index contributed by atoms with van der Waals surface area (Å²) in [6, 6.07) is 13.3. The Morgan fingerprint density at radius 1 is 1.08 bits per heavy atom. The minimum absolute atomic E-state index is 0.0513. The smallest absolute Gasteiger partial charge is 0.242 e. The molecule has 0 saturated carbocycles. The topological polar surface area (TPSA) is 49.4 Å². The number of nitrogens with zero attached hydrogens (tertiary/aromatic N) is 1. The lowest BCUT2D eigenvalue weighted by atomic mass is 10.0. The molecule has 0 radical (unpaired) electrons. The lowest BCUT2D eigenvalue weighted by Crippen LogP contribution is -2.48. The SMILES string of the molecule is CCNC(=O)[C@@H](C)N(Cc1ccccc1F)C(=O)Cc1ccccc1C. The minimum atomic E-state index is -0.689. The first-order valence-corrected chi connectivity index (χ1v) is 8.79. The Kier molecular flexibility index (Phi) is 6.89. The van der Waals surface area contributed by atoms with Crippen LogP contribution in [0, 0.1) is 12.7 Å². The Morgan fingerprint density at radius 3 is 2.31 bits per heavy atom. The van der Waals surface area contributed by atoms with Crippen molar-refractivity contribution in [1.82, 2.24) is 10.2 Å². The molecule has 0 saturated heterocycles. The summed E-state index contributed by atoms with van der Waals surface area (Å²) in [5.74, 6) is -0.840. The predicted octanol–water partition coefficient (Wildman–Crippen LogP) is 3.23. The third kappa shape index (κ3) is 4.91. The lowest BCUT2D eigenvalue weighted by molar-refractivity contribution is -0.140. The zero-order chi connectivity index (χ0) is 19.1. The van der Waals surface area contributed by atoms with E-state index in [1.807, 2.05) is 38.1 Å². The summed E-state index contributed by atoms with van der Waals surface area (Å²) < 4.78 is 14.1. The summed E-state index contributed by atoms with van der Waals surface area (Å²) in [4.78, 5) is 26.7. The molecule has 4 nitrogen and oxygen atoms in total. The molecular formula is C21H25FN2O2. The Hall–Kier alpha value is -2.69. The van der Waals surface area contributed by atoms with E-state index in [1.165, 1.54) is 11.0 Å². The van der Waals surface area contributed by atoms with E-state index < -0.39 is 6.04 Å². The molecule has 26 heavy (non-hydrogen) atoms. The number of benzene rings is 2. The third-order valence-electron chi connectivity index (χ3n) is 4.42. The van der Waals surface area contributed by atoms with Gasteiger partial charge in [0.15, 0.2) is 0 Å². The number of nitrogens with one attached hydrogen (secondary N) is 1. The van der Waals surface area contributed by atoms with E-state index >= 15 is 0 Å². The number of halogens is 1. The summed E-state index contributed by atoms with van der Waals surface area (Å²) in [7, 11) is 0. The lowest BCUT2D eigenvalue weighted by Gasteiger charge is -2.29. The molecule has 1 atom stereocenters. The van der Waals surface area contributed by atoms with Gasteiger partial charge in [0.05, 0.1) is 6.42 Å². The average Bonchev–Trinajstić information content (AvgIpc) is 2.62. The van der Waals surface area contributed by atoms with Crippen molar-refractivity contribution in [3.63, 3.8) is 0 Å². The molecule has 2 rings (SSSR count). The maximum absolute atomic E-state index is 14.1. The second-order valence-corrected chi connectivity index (χ2v) is 6.29. The van der Waals surface area contributed by atoms with Gasteiger partial charge in [-0.05, 0) is 38.0 Å². The van der Waals surface area contributed by atoms with Gasteiger partial charge in [-0.3, -0.25) is 9.59 Å². The first-order valence-electron chi connectivity index (χ1n) is 8.79. The second-order valence-electron chi connectivity index (χ2n) is 6.29.